The molecular weight excluding hydrogens is 775 g/mol. The third-order valence-electron chi connectivity index (χ3n) is 12.3. The molecule has 5 N–H and O–H groups in total. The number of amides is 1. The van der Waals surface area contributed by atoms with Gasteiger partial charge in [0.2, 0.25) is 5.78 Å². The van der Waals surface area contributed by atoms with Crippen LogP contribution in [0.15, 0.2) is 52.5 Å². The lowest BCUT2D eigenvalue weighted by Crippen LogP contribution is -2.46. The summed E-state index contributed by atoms with van der Waals surface area (Å²) in [4.78, 5) is 57.7. The number of rotatable bonds is 5. The zero-order chi connectivity index (χ0) is 44.4. The Kier molecular flexibility index (Phi) is 14.5. The van der Waals surface area contributed by atoms with Crippen LogP contribution < -0.4 is 15.4 Å². The molecule has 1 amide bonds. The van der Waals surface area contributed by atoms with Gasteiger partial charge in [0.15, 0.2) is 0 Å². The summed E-state index contributed by atoms with van der Waals surface area (Å²) in [5.41, 5.74) is 0.570. The van der Waals surface area contributed by atoms with E-state index in [1.807, 2.05) is 7.05 Å². The van der Waals surface area contributed by atoms with E-state index in [1.54, 1.807) is 65.8 Å². The lowest BCUT2D eigenvalue weighted by Gasteiger charge is -2.38. The first-order valence-corrected chi connectivity index (χ1v) is 20.4. The van der Waals surface area contributed by atoms with E-state index >= 15 is 0 Å². The quantitative estimate of drug-likeness (QED) is 0.213. The minimum atomic E-state index is -1.97. The van der Waals surface area contributed by atoms with Gasteiger partial charge < -0.3 is 49.8 Å². The lowest BCUT2D eigenvalue weighted by molar-refractivity contribution is -0.160. The van der Waals surface area contributed by atoms with Crippen molar-refractivity contribution in [3.8, 4) is 5.75 Å². The van der Waals surface area contributed by atoms with Gasteiger partial charge >= 0.3 is 11.8 Å². The summed E-state index contributed by atoms with van der Waals surface area (Å²) in [6.07, 6.45) is 3.54. The number of piperazine rings is 1. The van der Waals surface area contributed by atoms with E-state index in [0.29, 0.717) is 18.7 Å². The number of hydrogen-bond donors (Lipinski definition) is 5. The Morgan fingerprint density at radius 1 is 1.00 bits per heavy atom. The average molecular weight is 836 g/mol. The number of esters is 1. The topological polar surface area (TPSA) is 209 Å². The molecule has 0 aromatic heterocycles. The second-order valence-corrected chi connectivity index (χ2v) is 16.5. The van der Waals surface area contributed by atoms with Gasteiger partial charge in [0, 0.05) is 100 Å². The number of aliphatic hydroxyl groups excluding tert-OH is 3. The summed E-state index contributed by atoms with van der Waals surface area (Å²) in [6, 6.07) is 0. The van der Waals surface area contributed by atoms with Gasteiger partial charge in [-0.2, -0.15) is 5.10 Å². The number of anilines is 1. The van der Waals surface area contributed by atoms with Crippen LogP contribution in [-0.2, 0) is 23.8 Å². The summed E-state index contributed by atoms with van der Waals surface area (Å²) in [7, 11) is 5.06. The van der Waals surface area contributed by atoms with Crippen LogP contribution in [0.5, 0.6) is 5.75 Å². The van der Waals surface area contributed by atoms with E-state index in [2.05, 4.69) is 20.6 Å². The molecule has 1 aromatic carbocycles. The third kappa shape index (κ3) is 9.08. The van der Waals surface area contributed by atoms with Gasteiger partial charge in [0.25, 0.3) is 11.7 Å². The van der Waals surface area contributed by atoms with Crippen molar-refractivity contribution in [3.63, 3.8) is 0 Å². The van der Waals surface area contributed by atoms with Gasteiger partial charge in [-0.3, -0.25) is 24.2 Å². The van der Waals surface area contributed by atoms with Gasteiger partial charge in [0.1, 0.15) is 18.0 Å². The first kappa shape index (κ1) is 46.2. The highest BCUT2D eigenvalue weighted by molar-refractivity contribution is 6.22. The number of carbonyl (C=O) groups is 4. The second-order valence-electron chi connectivity index (χ2n) is 16.5. The minimum Gasteiger partial charge on any atom is -0.462 e. The number of hydrazone groups is 1. The van der Waals surface area contributed by atoms with Gasteiger partial charge in [-0.15, -0.1) is 0 Å². The van der Waals surface area contributed by atoms with E-state index in [-0.39, 0.29) is 45.0 Å². The van der Waals surface area contributed by atoms with Gasteiger partial charge in [0.05, 0.1) is 53.3 Å². The molecule has 16 nitrogen and oxygen atoms in total. The maximum Gasteiger partial charge on any atom is 0.312 e. The number of likely N-dealkylation sites (N-methyl/N-ethyl adjacent to an activating group) is 1. The largest absolute Gasteiger partial charge is 0.462 e. The van der Waals surface area contributed by atoms with Crippen molar-refractivity contribution < 1.29 is 53.4 Å². The van der Waals surface area contributed by atoms with Crippen LogP contribution in [0.3, 0.4) is 0 Å². The maximum atomic E-state index is 14.8. The molecule has 0 radical (unpaired) electrons. The molecule has 16 heteroatoms. The number of ketones is 2. The molecule has 0 saturated carbocycles. The van der Waals surface area contributed by atoms with Gasteiger partial charge in [-0.05, 0) is 27.0 Å². The normalized spacial score (nSPS) is 34.1. The molecule has 6 rings (SSSR count). The van der Waals surface area contributed by atoms with Crippen LogP contribution in [-0.4, -0.2) is 132 Å². The van der Waals surface area contributed by atoms with Gasteiger partial charge in [-0.1, -0.05) is 45.9 Å². The highest BCUT2D eigenvalue weighted by atomic mass is 16.7. The molecule has 1 unspecified atom stereocenters. The molecule has 5 bridgehead atoms. The number of nitrogens with zero attached hydrogens (tertiary/aromatic N) is 3. The van der Waals surface area contributed by atoms with Crippen LogP contribution >= 0.6 is 0 Å². The number of hydrogen-bond acceptors (Lipinski definition) is 15. The maximum absolute atomic E-state index is 14.8. The molecule has 10 atom stereocenters. The van der Waals surface area contributed by atoms with E-state index in [4.69, 9.17) is 18.9 Å². The number of benzene rings is 1. The number of nitrogens with one attached hydrogen (secondary N) is 2. The monoisotopic (exact) mass is 835 g/mol. The highest BCUT2D eigenvalue weighted by Crippen LogP contribution is 2.50. The second kappa shape index (κ2) is 18.8. The van der Waals surface area contributed by atoms with E-state index in [9.17, 15) is 34.5 Å². The van der Waals surface area contributed by atoms with E-state index < -0.39 is 83.4 Å². The number of carbonyl (C=O) groups excluding carboxylic acids is 4. The number of methoxy groups -OCH3 is 1. The van der Waals surface area contributed by atoms with Crippen molar-refractivity contribution in [1.29, 1.82) is 0 Å². The number of Topliss-reactive ketones (excluding diaryl/α,β-unsaturated/α-hetero) is 2. The third-order valence-corrected chi connectivity index (χ3v) is 12.3. The van der Waals surface area contributed by atoms with Crippen LogP contribution in [0.4, 0.5) is 5.69 Å². The average Bonchev–Trinajstić information content (AvgIpc) is 3.48. The summed E-state index contributed by atoms with van der Waals surface area (Å²) in [5.74, 6) is -6.82. The summed E-state index contributed by atoms with van der Waals surface area (Å²) in [5, 5.41) is 47.4. The number of fused-ring (bicyclic) bond motifs is 14. The van der Waals surface area contributed by atoms with Crippen molar-refractivity contribution in [1.82, 2.24) is 15.2 Å². The summed E-state index contributed by atoms with van der Waals surface area (Å²) in [6.45, 7) is 15.6. The van der Waals surface area contributed by atoms with Gasteiger partial charge in [-0.25, -0.2) is 0 Å². The highest BCUT2D eigenvalue weighted by Gasteiger charge is 2.52. The van der Waals surface area contributed by atoms with Crippen molar-refractivity contribution >= 4 is 35.3 Å². The summed E-state index contributed by atoms with van der Waals surface area (Å²) >= 11 is 0. The Hall–Kier alpha value is -4.87. The molecule has 0 spiro atoms. The molecule has 60 heavy (non-hydrogen) atoms. The first-order valence-electron chi connectivity index (χ1n) is 20.4. The standard InChI is InChI=1S/C44H61N5O11/c1-22-13-12-14-23(2)43(56)47-35-29(21-46-49-18-16-48(10)17-19-49)38(53)31-32(39(35)54)34(45-9)25(4)41-33(31)42(55)44(8,60-41)58-20-15-30(57-11)24(3)40(59-28(7)50)27(6)37(52)26(5)36(22)51/h12-15,20-22,24,26-27,30,36-38,40,45,51-53H,16-19H2,1-11H3,(H,47,56)/b13-12+,20-15+,23-14-,46-21+/t22-,24+,26+,27+,30-,36-,37+,38?,40+,44-/m0/s1. The van der Waals surface area contributed by atoms with Crippen LogP contribution in [0, 0.1) is 30.6 Å². The van der Waals surface area contributed by atoms with Crippen molar-refractivity contribution in [3.05, 3.63) is 69.7 Å². The van der Waals surface area contributed by atoms with Crippen molar-refractivity contribution in [2.45, 2.75) is 91.7 Å². The molecule has 1 aromatic rings. The molecule has 328 valence electrons. The van der Waals surface area contributed by atoms with E-state index in [1.165, 1.54) is 45.6 Å². The SMILES string of the molecule is CNc1c(C)c2c3c4c1C(=O)C(=C(/C=N/N1CCN(C)CC1)C4O)NC(=O)/C(C)=C\C=C\[C@H](C)[C@H](O)[C@@H](C)[C@@H](O)[C@@H](C)[C@H](OC(C)=O)[C@H](C)[C@@H](OC)/C=C/O[C@@](C)(O2)C3=O. The van der Waals surface area contributed by atoms with Crippen molar-refractivity contribution in [2.75, 3.05) is 52.7 Å². The number of allylic oxidation sites excluding steroid dienone is 3. The Morgan fingerprint density at radius 3 is 2.28 bits per heavy atom. The first-order chi connectivity index (χ1) is 28.3. The molecule has 5 aliphatic rings. The van der Waals surface area contributed by atoms with Crippen molar-refractivity contribution in [2.24, 2.45) is 28.8 Å². The van der Waals surface area contributed by atoms with Crippen LogP contribution in [0.25, 0.3) is 0 Å². The molecular formula is C44H61N5O11. The molecule has 1 aliphatic carbocycles. The fourth-order valence-corrected chi connectivity index (χ4v) is 8.38. The summed E-state index contributed by atoms with van der Waals surface area (Å²) < 4.78 is 23.9. The number of ether oxygens (including phenoxy) is 4. The Balaban J connectivity index is 1.68. The predicted molar refractivity (Wildman–Crippen MR) is 224 cm³/mol. The minimum absolute atomic E-state index is 0.0148. The zero-order valence-corrected chi connectivity index (χ0v) is 36.4. The fourth-order valence-electron chi connectivity index (χ4n) is 8.38. The van der Waals surface area contributed by atoms with Crippen LogP contribution in [0.2, 0.25) is 0 Å². The lowest BCUT2D eigenvalue weighted by atomic mass is 9.78. The molecule has 1 fully saturated rings. The Labute approximate surface area is 351 Å². The Morgan fingerprint density at radius 2 is 1.67 bits per heavy atom. The fraction of sp³-hybridized carbons (Fsp3) is 0.568. The van der Waals surface area contributed by atoms with Crippen LogP contribution in [0.1, 0.15) is 86.4 Å². The number of aliphatic hydroxyl groups is 3. The predicted octanol–water partition coefficient (Wildman–Crippen LogP) is 3.42. The molecule has 4 heterocycles. The molecule has 1 saturated heterocycles. The molecule has 4 aliphatic heterocycles. The zero-order valence-electron chi connectivity index (χ0n) is 36.4. The smallest absolute Gasteiger partial charge is 0.312 e. The van der Waals surface area contributed by atoms with E-state index in [0.717, 1.165) is 13.1 Å². The Bertz CT molecular complexity index is 2000.